The number of aliphatic hydroxyl groups excluding tert-OH is 1. The van der Waals surface area contributed by atoms with Crippen LogP contribution in [0.3, 0.4) is 0 Å². The quantitative estimate of drug-likeness (QED) is 0.914. The molecule has 2 nitrogen and oxygen atoms in total. The van der Waals surface area contributed by atoms with Crippen molar-refractivity contribution in [3.05, 3.63) is 59.2 Å². The van der Waals surface area contributed by atoms with Crippen LogP contribution in [0.1, 0.15) is 28.7 Å². The topological polar surface area (TPSA) is 29.5 Å². The normalized spacial score (nSPS) is 21.1. The van der Waals surface area contributed by atoms with Crippen molar-refractivity contribution in [3.63, 3.8) is 0 Å². The number of rotatable bonds is 2. The summed E-state index contributed by atoms with van der Waals surface area (Å²) in [5.41, 5.74) is 3.51. The highest BCUT2D eigenvalue weighted by atomic mass is 32.2. The van der Waals surface area contributed by atoms with E-state index in [-0.39, 0.29) is 5.92 Å². The monoisotopic (exact) mass is 284 g/mol. The van der Waals surface area contributed by atoms with Crippen LogP contribution in [0.5, 0.6) is 5.75 Å². The van der Waals surface area contributed by atoms with Crippen LogP contribution in [0, 0.1) is 0 Å². The van der Waals surface area contributed by atoms with Crippen molar-refractivity contribution in [3.8, 4) is 5.75 Å². The molecule has 0 spiro atoms. The summed E-state index contributed by atoms with van der Waals surface area (Å²) in [5.74, 6) is 2.12. The first kappa shape index (κ1) is 12.3. The molecule has 2 heterocycles. The molecule has 3 heteroatoms. The second-order valence-electron chi connectivity index (χ2n) is 5.37. The van der Waals surface area contributed by atoms with Gasteiger partial charge in [0.15, 0.2) is 0 Å². The number of hydrogen-bond donors (Lipinski definition) is 1. The highest BCUT2D eigenvalue weighted by Gasteiger charge is 2.30. The number of thioether (sulfide) groups is 1. The molecule has 4 rings (SSSR count). The van der Waals surface area contributed by atoms with Gasteiger partial charge >= 0.3 is 0 Å². The van der Waals surface area contributed by atoms with Crippen LogP contribution in [0.25, 0.3) is 0 Å². The Balaban J connectivity index is 1.67. The molecule has 102 valence electrons. The number of benzene rings is 2. The van der Waals surface area contributed by atoms with Gasteiger partial charge in [-0.1, -0.05) is 24.3 Å². The summed E-state index contributed by atoms with van der Waals surface area (Å²) in [6, 6.07) is 14.5. The van der Waals surface area contributed by atoms with Gasteiger partial charge in [0.2, 0.25) is 0 Å². The number of fused-ring (bicyclic) bond motifs is 2. The molecule has 0 amide bonds. The van der Waals surface area contributed by atoms with E-state index < -0.39 is 6.10 Å². The van der Waals surface area contributed by atoms with Crippen molar-refractivity contribution in [2.45, 2.75) is 23.3 Å². The highest BCUT2D eigenvalue weighted by Crippen LogP contribution is 2.45. The van der Waals surface area contributed by atoms with Crippen molar-refractivity contribution < 1.29 is 9.84 Å². The van der Waals surface area contributed by atoms with Gasteiger partial charge in [0, 0.05) is 23.0 Å². The van der Waals surface area contributed by atoms with Gasteiger partial charge < -0.3 is 9.84 Å². The van der Waals surface area contributed by atoms with Crippen molar-refractivity contribution in [1.29, 1.82) is 0 Å². The van der Waals surface area contributed by atoms with Crippen LogP contribution in [0.4, 0.5) is 0 Å². The summed E-state index contributed by atoms with van der Waals surface area (Å²) in [6.07, 6.45) is 0.517. The molecule has 2 atom stereocenters. The average Bonchev–Trinajstić information content (AvgIpc) is 3.12. The molecule has 1 N–H and O–H groups in total. The predicted octanol–water partition coefficient (Wildman–Crippen LogP) is 3.54. The minimum atomic E-state index is -0.433. The van der Waals surface area contributed by atoms with Crippen molar-refractivity contribution in [1.82, 2.24) is 0 Å². The van der Waals surface area contributed by atoms with Gasteiger partial charge in [0.25, 0.3) is 0 Å². The summed E-state index contributed by atoms with van der Waals surface area (Å²) in [5, 5.41) is 10.7. The SMILES string of the molecule is OC(c1ccc2c(c1)CCO2)C1CSc2ccccc21. The van der Waals surface area contributed by atoms with Crippen molar-refractivity contribution in [2.24, 2.45) is 0 Å². The third-order valence-electron chi connectivity index (χ3n) is 4.17. The Morgan fingerprint density at radius 1 is 1.20 bits per heavy atom. The fourth-order valence-electron chi connectivity index (χ4n) is 3.07. The summed E-state index contributed by atoms with van der Waals surface area (Å²) in [4.78, 5) is 1.31. The van der Waals surface area contributed by atoms with E-state index in [2.05, 4.69) is 30.3 Å². The van der Waals surface area contributed by atoms with Gasteiger partial charge in [-0.2, -0.15) is 0 Å². The summed E-state index contributed by atoms with van der Waals surface area (Å²) < 4.78 is 5.53. The Hall–Kier alpha value is -1.45. The van der Waals surface area contributed by atoms with Crippen LogP contribution in [0.2, 0.25) is 0 Å². The Kier molecular flexibility index (Phi) is 2.97. The van der Waals surface area contributed by atoms with E-state index in [4.69, 9.17) is 4.74 Å². The first-order valence-corrected chi connectivity index (χ1v) is 7.97. The maximum atomic E-state index is 10.7. The Labute approximate surface area is 122 Å². The van der Waals surface area contributed by atoms with Crippen LogP contribution in [0.15, 0.2) is 47.4 Å². The molecule has 2 aromatic rings. The van der Waals surface area contributed by atoms with Gasteiger partial charge in [0.1, 0.15) is 5.75 Å². The zero-order chi connectivity index (χ0) is 13.5. The molecule has 2 aliphatic heterocycles. The highest BCUT2D eigenvalue weighted by molar-refractivity contribution is 7.99. The lowest BCUT2D eigenvalue weighted by Gasteiger charge is -2.19. The minimum absolute atomic E-state index is 0.191. The van der Waals surface area contributed by atoms with Gasteiger partial charge in [-0.15, -0.1) is 11.8 Å². The van der Waals surface area contributed by atoms with E-state index in [1.807, 2.05) is 23.9 Å². The molecule has 2 aromatic carbocycles. The lowest BCUT2D eigenvalue weighted by molar-refractivity contribution is 0.153. The molecular formula is C17H16O2S. The first-order chi connectivity index (χ1) is 9.83. The lowest BCUT2D eigenvalue weighted by Crippen LogP contribution is -2.10. The third kappa shape index (κ3) is 1.93. The second-order valence-corrected chi connectivity index (χ2v) is 6.43. The Morgan fingerprint density at radius 3 is 3.05 bits per heavy atom. The molecule has 0 bridgehead atoms. The van der Waals surface area contributed by atoms with Crippen LogP contribution < -0.4 is 4.74 Å². The molecule has 0 saturated heterocycles. The minimum Gasteiger partial charge on any atom is -0.493 e. The summed E-state index contributed by atoms with van der Waals surface area (Å²) in [7, 11) is 0. The van der Waals surface area contributed by atoms with Crippen LogP contribution in [-0.4, -0.2) is 17.5 Å². The third-order valence-corrected chi connectivity index (χ3v) is 5.38. The van der Waals surface area contributed by atoms with E-state index in [0.717, 1.165) is 30.1 Å². The number of hydrogen-bond acceptors (Lipinski definition) is 3. The molecule has 0 radical (unpaired) electrons. The predicted molar refractivity (Wildman–Crippen MR) is 80.5 cm³/mol. The maximum Gasteiger partial charge on any atom is 0.122 e. The van der Waals surface area contributed by atoms with Gasteiger partial charge in [0.05, 0.1) is 12.7 Å². The zero-order valence-corrected chi connectivity index (χ0v) is 11.9. The van der Waals surface area contributed by atoms with Gasteiger partial charge in [-0.25, -0.2) is 0 Å². The molecule has 0 saturated carbocycles. The molecule has 0 aliphatic carbocycles. The molecule has 0 aromatic heterocycles. The molecule has 20 heavy (non-hydrogen) atoms. The van der Waals surface area contributed by atoms with E-state index in [9.17, 15) is 5.11 Å². The molecule has 0 fully saturated rings. The fourth-order valence-corrected chi connectivity index (χ4v) is 4.35. The average molecular weight is 284 g/mol. The zero-order valence-electron chi connectivity index (χ0n) is 11.1. The smallest absolute Gasteiger partial charge is 0.122 e. The second kappa shape index (κ2) is 4.83. The van der Waals surface area contributed by atoms with Gasteiger partial charge in [-0.05, 0) is 34.9 Å². The lowest BCUT2D eigenvalue weighted by atomic mass is 9.90. The fraction of sp³-hybridized carbons (Fsp3) is 0.294. The maximum absolute atomic E-state index is 10.7. The van der Waals surface area contributed by atoms with Crippen LogP contribution in [-0.2, 0) is 6.42 Å². The summed E-state index contributed by atoms with van der Waals surface area (Å²) in [6.45, 7) is 0.761. The first-order valence-electron chi connectivity index (χ1n) is 6.98. The van der Waals surface area contributed by atoms with E-state index in [1.165, 1.54) is 16.0 Å². The molecule has 2 aliphatic rings. The standard InChI is InChI=1S/C17H16O2S/c18-17(12-5-6-15-11(9-12)7-8-19-15)14-10-20-16-4-2-1-3-13(14)16/h1-6,9,14,17-18H,7-8,10H2. The molecular weight excluding hydrogens is 268 g/mol. The summed E-state index contributed by atoms with van der Waals surface area (Å²) >= 11 is 1.84. The Bertz CT molecular complexity index is 653. The van der Waals surface area contributed by atoms with E-state index in [1.54, 1.807) is 0 Å². The van der Waals surface area contributed by atoms with E-state index >= 15 is 0 Å². The number of aliphatic hydroxyl groups is 1. The van der Waals surface area contributed by atoms with Gasteiger partial charge in [-0.3, -0.25) is 0 Å². The van der Waals surface area contributed by atoms with Crippen molar-refractivity contribution in [2.75, 3.05) is 12.4 Å². The van der Waals surface area contributed by atoms with E-state index in [0.29, 0.717) is 0 Å². The molecule has 2 unspecified atom stereocenters. The largest absolute Gasteiger partial charge is 0.493 e. The van der Waals surface area contributed by atoms with Crippen LogP contribution >= 0.6 is 11.8 Å². The number of ether oxygens (including phenoxy) is 1. The van der Waals surface area contributed by atoms with Crippen molar-refractivity contribution >= 4 is 11.8 Å². The Morgan fingerprint density at radius 2 is 2.10 bits per heavy atom.